The van der Waals surface area contributed by atoms with Crippen LogP contribution in [0, 0.1) is 0 Å². The summed E-state index contributed by atoms with van der Waals surface area (Å²) >= 11 is 0. The van der Waals surface area contributed by atoms with Crippen LogP contribution >= 0.6 is 0 Å². The third-order valence-electron chi connectivity index (χ3n) is 3.57. The molecule has 0 radical (unpaired) electrons. The molecular formula is C12H17N4O4S+. The van der Waals surface area contributed by atoms with Crippen LogP contribution in [-0.2, 0) is 10.0 Å². The lowest BCUT2D eigenvalue weighted by Gasteiger charge is -2.29. The minimum atomic E-state index is -3.67. The molecule has 0 saturated carbocycles. The SMILES string of the molecule is C[NH+]1CCN(NS(=O)(=O)c2ccc3[nH]c(=O)oc3c2)CC1. The summed E-state index contributed by atoms with van der Waals surface area (Å²) in [4.78, 5) is 17.6. The molecule has 1 aromatic heterocycles. The molecule has 3 N–H and O–H groups in total. The lowest BCUT2D eigenvalue weighted by Crippen LogP contribution is -3.12. The first-order chi connectivity index (χ1) is 9.94. The maximum atomic E-state index is 12.3. The number of aromatic nitrogens is 1. The molecule has 0 spiro atoms. The van der Waals surface area contributed by atoms with Gasteiger partial charge in [-0.3, -0.25) is 4.98 Å². The Kier molecular flexibility index (Phi) is 3.57. The summed E-state index contributed by atoms with van der Waals surface area (Å²) < 4.78 is 29.6. The number of sulfonamides is 1. The van der Waals surface area contributed by atoms with Gasteiger partial charge in [-0.25, -0.2) is 18.2 Å². The van der Waals surface area contributed by atoms with Crippen molar-refractivity contribution in [3.8, 4) is 0 Å². The van der Waals surface area contributed by atoms with Gasteiger partial charge >= 0.3 is 5.76 Å². The largest absolute Gasteiger partial charge is 0.417 e. The summed E-state index contributed by atoms with van der Waals surface area (Å²) in [5.74, 6) is -0.602. The van der Waals surface area contributed by atoms with Crippen molar-refractivity contribution in [2.24, 2.45) is 0 Å². The van der Waals surface area contributed by atoms with Crippen molar-refractivity contribution in [2.45, 2.75) is 4.90 Å². The van der Waals surface area contributed by atoms with Gasteiger partial charge in [0, 0.05) is 6.07 Å². The van der Waals surface area contributed by atoms with E-state index in [4.69, 9.17) is 4.42 Å². The van der Waals surface area contributed by atoms with Gasteiger partial charge in [-0.1, -0.05) is 0 Å². The Bertz CT molecular complexity index is 802. The highest BCUT2D eigenvalue weighted by Gasteiger charge is 2.23. The topological polar surface area (TPSA) is 99.9 Å². The fraction of sp³-hybridized carbons (Fsp3) is 0.417. The lowest BCUT2D eigenvalue weighted by atomic mass is 10.3. The van der Waals surface area contributed by atoms with Gasteiger partial charge in [0.1, 0.15) is 0 Å². The maximum Gasteiger partial charge on any atom is 0.417 e. The Morgan fingerprint density at radius 2 is 2.05 bits per heavy atom. The van der Waals surface area contributed by atoms with Crippen LogP contribution in [0.5, 0.6) is 0 Å². The molecule has 3 rings (SSSR count). The molecule has 0 aliphatic carbocycles. The Hall–Kier alpha value is -1.68. The van der Waals surface area contributed by atoms with Gasteiger partial charge in [-0.05, 0) is 12.1 Å². The van der Waals surface area contributed by atoms with Gasteiger partial charge in [0.15, 0.2) is 5.58 Å². The molecule has 9 heteroatoms. The number of oxazole rings is 1. The van der Waals surface area contributed by atoms with Gasteiger partial charge in [0.05, 0.1) is 43.6 Å². The lowest BCUT2D eigenvalue weighted by molar-refractivity contribution is -0.884. The summed E-state index contributed by atoms with van der Waals surface area (Å²) in [5, 5.41) is 1.69. The van der Waals surface area contributed by atoms with E-state index in [2.05, 4.69) is 16.9 Å². The van der Waals surface area contributed by atoms with Crippen molar-refractivity contribution in [1.29, 1.82) is 0 Å². The van der Waals surface area contributed by atoms with Crippen molar-refractivity contribution in [1.82, 2.24) is 14.8 Å². The van der Waals surface area contributed by atoms with Crippen LogP contribution in [-0.4, -0.2) is 51.6 Å². The van der Waals surface area contributed by atoms with E-state index in [9.17, 15) is 13.2 Å². The number of benzene rings is 1. The van der Waals surface area contributed by atoms with Crippen molar-refractivity contribution in [2.75, 3.05) is 33.2 Å². The van der Waals surface area contributed by atoms with Crippen LogP contribution in [0.4, 0.5) is 0 Å². The predicted octanol–water partition coefficient (Wildman–Crippen LogP) is -1.86. The molecule has 1 aliphatic heterocycles. The first-order valence-electron chi connectivity index (χ1n) is 6.66. The molecule has 1 fully saturated rings. The zero-order valence-corrected chi connectivity index (χ0v) is 12.4. The molecule has 1 aliphatic rings. The number of hydrogen-bond acceptors (Lipinski definition) is 5. The standard InChI is InChI=1S/C12H16N4O4S/c1-15-4-6-16(7-5-15)14-21(18,19)9-2-3-10-11(8-9)20-12(17)13-10/h2-3,8,14H,4-7H2,1H3,(H,13,17)/p+1. The molecule has 0 amide bonds. The zero-order valence-electron chi connectivity index (χ0n) is 11.5. The molecule has 0 bridgehead atoms. The number of likely N-dealkylation sites (N-methyl/N-ethyl adjacent to an activating group) is 1. The summed E-state index contributed by atoms with van der Waals surface area (Å²) in [7, 11) is -1.59. The van der Waals surface area contributed by atoms with Gasteiger partial charge in [0.25, 0.3) is 10.0 Å². The number of hydrogen-bond donors (Lipinski definition) is 3. The number of rotatable bonds is 3. The van der Waals surface area contributed by atoms with Crippen LogP contribution in [0.2, 0.25) is 0 Å². The van der Waals surface area contributed by atoms with E-state index < -0.39 is 15.8 Å². The molecule has 21 heavy (non-hydrogen) atoms. The van der Waals surface area contributed by atoms with Crippen LogP contribution in [0.1, 0.15) is 0 Å². The van der Waals surface area contributed by atoms with Crippen LogP contribution in [0.3, 0.4) is 0 Å². The maximum absolute atomic E-state index is 12.3. The highest BCUT2D eigenvalue weighted by Crippen LogP contribution is 2.16. The summed E-state index contributed by atoms with van der Waals surface area (Å²) in [6, 6.07) is 4.30. The molecule has 1 aromatic carbocycles. The van der Waals surface area contributed by atoms with Gasteiger partial charge in [-0.2, -0.15) is 0 Å². The predicted molar refractivity (Wildman–Crippen MR) is 75.3 cm³/mol. The third-order valence-corrected chi connectivity index (χ3v) is 4.94. The zero-order chi connectivity index (χ0) is 15.0. The monoisotopic (exact) mass is 313 g/mol. The van der Waals surface area contributed by atoms with E-state index in [1.54, 1.807) is 5.01 Å². The smallest absolute Gasteiger partial charge is 0.408 e. The molecule has 2 aromatic rings. The third kappa shape index (κ3) is 3.00. The molecule has 0 atom stereocenters. The number of H-pyrrole nitrogens is 1. The fourth-order valence-corrected chi connectivity index (χ4v) is 3.43. The molecule has 0 unspecified atom stereocenters. The second kappa shape index (κ2) is 5.26. The highest BCUT2D eigenvalue weighted by atomic mass is 32.2. The number of nitrogens with one attached hydrogen (secondary N) is 3. The first-order valence-corrected chi connectivity index (χ1v) is 8.14. The van der Waals surface area contributed by atoms with E-state index in [-0.39, 0.29) is 10.5 Å². The Labute approximate surface area is 121 Å². The average Bonchev–Trinajstić information content (AvgIpc) is 2.80. The number of piperazine rings is 1. The Balaban J connectivity index is 1.84. The summed E-state index contributed by atoms with van der Waals surface area (Å²) in [6.45, 7) is 3.08. The van der Waals surface area contributed by atoms with Crippen LogP contribution in [0.25, 0.3) is 11.1 Å². The number of fused-ring (bicyclic) bond motifs is 1. The molecular weight excluding hydrogens is 296 g/mol. The van der Waals surface area contributed by atoms with E-state index in [0.29, 0.717) is 18.6 Å². The minimum Gasteiger partial charge on any atom is -0.408 e. The van der Waals surface area contributed by atoms with E-state index in [1.165, 1.54) is 23.1 Å². The number of nitrogens with zero attached hydrogens (tertiary/aromatic N) is 1. The summed E-state index contributed by atoms with van der Waals surface area (Å²) in [5.41, 5.74) is 0.702. The molecule has 1 saturated heterocycles. The average molecular weight is 313 g/mol. The normalized spacial score (nSPS) is 18.3. The van der Waals surface area contributed by atoms with E-state index >= 15 is 0 Å². The Morgan fingerprint density at radius 3 is 2.76 bits per heavy atom. The van der Waals surface area contributed by atoms with Gasteiger partial charge in [0.2, 0.25) is 0 Å². The van der Waals surface area contributed by atoms with Gasteiger partial charge in [-0.15, -0.1) is 4.83 Å². The minimum absolute atomic E-state index is 0.0732. The van der Waals surface area contributed by atoms with E-state index in [1.807, 2.05) is 0 Å². The van der Waals surface area contributed by atoms with Crippen molar-refractivity contribution < 1.29 is 17.7 Å². The quantitative estimate of drug-likeness (QED) is 0.617. The number of hydrazine groups is 1. The second-order valence-electron chi connectivity index (χ2n) is 5.21. The number of quaternary nitrogens is 1. The van der Waals surface area contributed by atoms with Crippen LogP contribution < -0.4 is 15.5 Å². The van der Waals surface area contributed by atoms with Crippen molar-refractivity contribution >= 4 is 21.1 Å². The number of aromatic amines is 1. The van der Waals surface area contributed by atoms with Crippen LogP contribution in [0.15, 0.2) is 32.3 Å². The van der Waals surface area contributed by atoms with E-state index in [0.717, 1.165) is 13.1 Å². The Morgan fingerprint density at radius 1 is 1.33 bits per heavy atom. The van der Waals surface area contributed by atoms with Crippen molar-refractivity contribution in [3.63, 3.8) is 0 Å². The van der Waals surface area contributed by atoms with Gasteiger partial charge < -0.3 is 9.32 Å². The molecule has 114 valence electrons. The fourth-order valence-electron chi connectivity index (χ4n) is 2.30. The summed E-state index contributed by atoms with van der Waals surface area (Å²) in [6.07, 6.45) is 0. The molecule has 2 heterocycles. The molecule has 8 nitrogen and oxygen atoms in total. The highest BCUT2D eigenvalue weighted by molar-refractivity contribution is 7.89. The second-order valence-corrected chi connectivity index (χ2v) is 6.87. The van der Waals surface area contributed by atoms with Crippen molar-refractivity contribution in [3.05, 3.63) is 28.7 Å². The first kappa shape index (κ1) is 14.3.